The Balaban J connectivity index is 1.36. The van der Waals surface area contributed by atoms with Crippen LogP contribution in [0.15, 0.2) is 0 Å². The molecule has 2 aliphatic rings. The van der Waals surface area contributed by atoms with Gasteiger partial charge in [0.2, 0.25) is 0 Å². The van der Waals surface area contributed by atoms with Crippen LogP contribution in [0.25, 0.3) is 0 Å². The highest BCUT2D eigenvalue weighted by atomic mass is 16.7. The molecule has 0 amide bonds. The van der Waals surface area contributed by atoms with Crippen molar-refractivity contribution in [1.29, 1.82) is 0 Å². The van der Waals surface area contributed by atoms with Gasteiger partial charge in [-0.1, -0.05) is 0 Å². The Hall–Kier alpha value is -0.240. The van der Waals surface area contributed by atoms with Crippen molar-refractivity contribution in [2.75, 3.05) is 26.4 Å². The maximum absolute atomic E-state index is 10.1. The molecule has 6 heteroatoms. The van der Waals surface area contributed by atoms with Crippen LogP contribution in [-0.4, -0.2) is 61.4 Å². The van der Waals surface area contributed by atoms with Crippen LogP contribution in [0, 0.1) is 0 Å². The predicted molar refractivity (Wildman–Crippen MR) is 103 cm³/mol. The standard InChI is InChI=1S/C21H40O6/c22-18(10-6-16-26-20-12-1-3-14-24-20)8-5-9-19(23)11-7-17-27-21-13-2-4-15-25-21/h18-23H,1-17H2. The van der Waals surface area contributed by atoms with Crippen LogP contribution in [0.4, 0.5) is 0 Å². The van der Waals surface area contributed by atoms with Crippen molar-refractivity contribution in [1.82, 2.24) is 0 Å². The Kier molecular flexibility index (Phi) is 12.6. The van der Waals surface area contributed by atoms with E-state index in [0.29, 0.717) is 13.2 Å². The summed E-state index contributed by atoms with van der Waals surface area (Å²) in [6.07, 6.45) is 11.4. The van der Waals surface area contributed by atoms with E-state index >= 15 is 0 Å². The normalized spacial score (nSPS) is 26.0. The molecule has 2 heterocycles. The molecule has 2 saturated heterocycles. The Morgan fingerprint density at radius 2 is 1.11 bits per heavy atom. The van der Waals surface area contributed by atoms with E-state index in [4.69, 9.17) is 18.9 Å². The van der Waals surface area contributed by atoms with Gasteiger partial charge < -0.3 is 29.2 Å². The summed E-state index contributed by atoms with van der Waals surface area (Å²) in [6.45, 7) is 2.90. The third-order valence-electron chi connectivity index (χ3n) is 5.32. The highest BCUT2D eigenvalue weighted by Crippen LogP contribution is 2.16. The summed E-state index contributed by atoms with van der Waals surface area (Å²) < 4.78 is 22.4. The van der Waals surface area contributed by atoms with E-state index in [1.807, 2.05) is 0 Å². The van der Waals surface area contributed by atoms with Gasteiger partial charge in [-0.05, 0) is 83.5 Å². The van der Waals surface area contributed by atoms with Crippen molar-refractivity contribution in [3.8, 4) is 0 Å². The molecule has 2 fully saturated rings. The molecule has 2 aliphatic heterocycles. The third-order valence-corrected chi connectivity index (χ3v) is 5.32. The molecule has 0 spiro atoms. The molecule has 0 aromatic heterocycles. The minimum Gasteiger partial charge on any atom is -0.393 e. The summed E-state index contributed by atoms with van der Waals surface area (Å²) in [5.41, 5.74) is 0. The number of ether oxygens (including phenoxy) is 4. The van der Waals surface area contributed by atoms with Crippen molar-refractivity contribution in [3.05, 3.63) is 0 Å². The number of aliphatic hydroxyl groups excluding tert-OH is 2. The minimum atomic E-state index is -0.306. The Morgan fingerprint density at radius 3 is 1.52 bits per heavy atom. The van der Waals surface area contributed by atoms with Crippen molar-refractivity contribution in [2.45, 2.75) is 108 Å². The number of rotatable bonds is 14. The van der Waals surface area contributed by atoms with E-state index in [1.165, 1.54) is 12.8 Å². The molecule has 4 unspecified atom stereocenters. The molecule has 0 aromatic carbocycles. The fraction of sp³-hybridized carbons (Fsp3) is 1.00. The van der Waals surface area contributed by atoms with Crippen molar-refractivity contribution in [2.24, 2.45) is 0 Å². The van der Waals surface area contributed by atoms with E-state index < -0.39 is 0 Å². The summed E-state index contributed by atoms with van der Waals surface area (Å²) in [5.74, 6) is 0. The first-order valence-corrected chi connectivity index (χ1v) is 11.1. The third kappa shape index (κ3) is 11.4. The molecule has 2 N–H and O–H groups in total. The number of aliphatic hydroxyl groups is 2. The fourth-order valence-electron chi connectivity index (χ4n) is 3.63. The molecule has 0 saturated carbocycles. The van der Waals surface area contributed by atoms with Gasteiger partial charge in [0, 0.05) is 26.4 Å². The summed E-state index contributed by atoms with van der Waals surface area (Å²) in [7, 11) is 0. The SMILES string of the molecule is OC(CCCOC1CCCCO1)CCCC(O)CCCOC1CCCCO1. The zero-order valence-electron chi connectivity index (χ0n) is 16.9. The minimum absolute atomic E-state index is 0.0419. The van der Waals surface area contributed by atoms with Crippen molar-refractivity contribution < 1.29 is 29.2 Å². The summed E-state index contributed by atoms with van der Waals surface area (Å²) in [4.78, 5) is 0. The first-order chi connectivity index (χ1) is 13.2. The number of hydrogen-bond acceptors (Lipinski definition) is 6. The molecular formula is C21H40O6. The van der Waals surface area contributed by atoms with Gasteiger partial charge in [-0.25, -0.2) is 0 Å². The molecule has 6 nitrogen and oxygen atoms in total. The predicted octanol–water partition coefficient (Wildman–Crippen LogP) is 3.53. The average molecular weight is 389 g/mol. The van der Waals surface area contributed by atoms with Gasteiger partial charge in [0.05, 0.1) is 12.2 Å². The van der Waals surface area contributed by atoms with Crippen LogP contribution in [0.5, 0.6) is 0 Å². The lowest BCUT2D eigenvalue weighted by molar-refractivity contribution is -0.163. The van der Waals surface area contributed by atoms with Crippen LogP contribution in [-0.2, 0) is 18.9 Å². The van der Waals surface area contributed by atoms with Crippen LogP contribution in [0.3, 0.4) is 0 Å². The highest BCUT2D eigenvalue weighted by molar-refractivity contribution is 4.62. The lowest BCUT2D eigenvalue weighted by Crippen LogP contribution is -2.23. The second-order valence-electron chi connectivity index (χ2n) is 7.86. The van der Waals surface area contributed by atoms with E-state index in [0.717, 1.165) is 83.8 Å². The van der Waals surface area contributed by atoms with Gasteiger partial charge in [0.1, 0.15) is 0 Å². The van der Waals surface area contributed by atoms with Gasteiger partial charge >= 0.3 is 0 Å². The Labute approximate surface area is 164 Å². The molecule has 0 bridgehead atoms. The molecule has 0 aromatic rings. The number of hydrogen-bond donors (Lipinski definition) is 2. The molecule has 0 aliphatic carbocycles. The van der Waals surface area contributed by atoms with Gasteiger partial charge in [0.15, 0.2) is 12.6 Å². The second kappa shape index (κ2) is 14.7. The fourth-order valence-corrected chi connectivity index (χ4v) is 3.63. The zero-order valence-corrected chi connectivity index (χ0v) is 16.9. The van der Waals surface area contributed by atoms with Crippen LogP contribution in [0.1, 0.15) is 83.5 Å². The quantitative estimate of drug-likeness (QED) is 0.443. The van der Waals surface area contributed by atoms with Crippen LogP contribution in [0.2, 0.25) is 0 Å². The van der Waals surface area contributed by atoms with Gasteiger partial charge in [-0.2, -0.15) is 0 Å². The molecule has 160 valence electrons. The smallest absolute Gasteiger partial charge is 0.157 e. The molecular weight excluding hydrogens is 348 g/mol. The maximum Gasteiger partial charge on any atom is 0.157 e. The molecule has 2 rings (SSSR count). The van der Waals surface area contributed by atoms with E-state index in [-0.39, 0.29) is 24.8 Å². The molecule has 27 heavy (non-hydrogen) atoms. The Bertz CT molecular complexity index is 310. The van der Waals surface area contributed by atoms with Crippen LogP contribution < -0.4 is 0 Å². The zero-order chi connectivity index (χ0) is 19.2. The van der Waals surface area contributed by atoms with Gasteiger partial charge in [-0.3, -0.25) is 0 Å². The summed E-state index contributed by atoms with van der Waals surface area (Å²) in [6, 6.07) is 0. The van der Waals surface area contributed by atoms with Crippen molar-refractivity contribution in [3.63, 3.8) is 0 Å². The summed E-state index contributed by atoms with van der Waals surface area (Å²) >= 11 is 0. The van der Waals surface area contributed by atoms with Crippen LogP contribution >= 0.6 is 0 Å². The van der Waals surface area contributed by atoms with Crippen molar-refractivity contribution >= 4 is 0 Å². The summed E-state index contributed by atoms with van der Waals surface area (Å²) in [5, 5.41) is 20.1. The van der Waals surface area contributed by atoms with E-state index in [1.54, 1.807) is 0 Å². The Morgan fingerprint density at radius 1 is 0.667 bits per heavy atom. The highest BCUT2D eigenvalue weighted by Gasteiger charge is 2.15. The first-order valence-electron chi connectivity index (χ1n) is 11.1. The average Bonchev–Trinajstić information content (AvgIpc) is 2.70. The van der Waals surface area contributed by atoms with E-state index in [2.05, 4.69) is 0 Å². The lowest BCUT2D eigenvalue weighted by atomic mass is 10.0. The molecule has 0 radical (unpaired) electrons. The van der Waals surface area contributed by atoms with Gasteiger partial charge in [0.25, 0.3) is 0 Å². The maximum atomic E-state index is 10.1. The second-order valence-corrected chi connectivity index (χ2v) is 7.86. The van der Waals surface area contributed by atoms with Gasteiger partial charge in [-0.15, -0.1) is 0 Å². The topological polar surface area (TPSA) is 77.4 Å². The lowest BCUT2D eigenvalue weighted by Gasteiger charge is -2.23. The monoisotopic (exact) mass is 388 g/mol. The first kappa shape index (κ1) is 23.0. The largest absolute Gasteiger partial charge is 0.393 e. The molecule has 4 atom stereocenters. The van der Waals surface area contributed by atoms with E-state index in [9.17, 15) is 10.2 Å².